The minimum atomic E-state index is 0.410. The molecule has 18 heavy (non-hydrogen) atoms. The van der Waals surface area contributed by atoms with Gasteiger partial charge in [-0.15, -0.1) is 0 Å². The van der Waals surface area contributed by atoms with Crippen LogP contribution >= 0.6 is 15.9 Å². The summed E-state index contributed by atoms with van der Waals surface area (Å²) in [5, 5.41) is 0.915. The van der Waals surface area contributed by atoms with Crippen molar-refractivity contribution in [3.63, 3.8) is 0 Å². The molecule has 2 fully saturated rings. The molecular formula is C15H26BrNO. The van der Waals surface area contributed by atoms with Gasteiger partial charge in [0, 0.05) is 24.3 Å². The summed E-state index contributed by atoms with van der Waals surface area (Å²) in [6.07, 6.45) is 12.4. The van der Waals surface area contributed by atoms with E-state index < -0.39 is 0 Å². The highest BCUT2D eigenvalue weighted by atomic mass is 79.9. The van der Waals surface area contributed by atoms with Crippen molar-refractivity contribution in [2.24, 2.45) is 5.92 Å². The van der Waals surface area contributed by atoms with E-state index in [9.17, 15) is 4.79 Å². The third kappa shape index (κ3) is 3.97. The largest absolute Gasteiger partial charge is 0.339 e. The second-order valence-corrected chi connectivity index (χ2v) is 6.70. The Kier molecular flexibility index (Phi) is 6.00. The molecule has 2 aliphatic rings. The molecule has 0 aromatic heterocycles. The van der Waals surface area contributed by atoms with Crippen LogP contribution in [0.15, 0.2) is 0 Å². The van der Waals surface area contributed by atoms with E-state index in [0.717, 1.165) is 30.6 Å². The average Bonchev–Trinajstić information content (AvgIpc) is 3.05. The van der Waals surface area contributed by atoms with E-state index in [4.69, 9.17) is 0 Å². The number of hydrogen-bond donors (Lipinski definition) is 0. The van der Waals surface area contributed by atoms with Gasteiger partial charge in [0.2, 0.25) is 5.91 Å². The summed E-state index contributed by atoms with van der Waals surface area (Å²) in [5.41, 5.74) is 0. The zero-order valence-corrected chi connectivity index (χ0v) is 13.0. The van der Waals surface area contributed by atoms with Crippen LogP contribution in [0, 0.1) is 5.92 Å². The van der Waals surface area contributed by atoms with Crippen molar-refractivity contribution in [2.75, 3.05) is 11.9 Å². The molecule has 0 radical (unpaired) electrons. The first kappa shape index (κ1) is 14.4. The van der Waals surface area contributed by atoms with Gasteiger partial charge in [0.15, 0.2) is 0 Å². The van der Waals surface area contributed by atoms with Crippen LogP contribution in [0.3, 0.4) is 0 Å². The maximum atomic E-state index is 12.4. The van der Waals surface area contributed by atoms with Crippen LogP contribution < -0.4 is 0 Å². The molecule has 104 valence electrons. The number of nitrogens with zero attached hydrogens (tertiary/aromatic N) is 1. The predicted molar refractivity (Wildman–Crippen MR) is 79.0 cm³/mol. The Labute approximate surface area is 120 Å². The highest BCUT2D eigenvalue weighted by Crippen LogP contribution is 2.30. The van der Waals surface area contributed by atoms with Gasteiger partial charge in [-0.2, -0.15) is 0 Å². The highest BCUT2D eigenvalue weighted by molar-refractivity contribution is 9.09. The first-order valence-corrected chi connectivity index (χ1v) is 8.79. The summed E-state index contributed by atoms with van der Waals surface area (Å²) in [4.78, 5) is 14.5. The normalized spacial score (nSPS) is 21.6. The Bertz CT molecular complexity index is 257. The van der Waals surface area contributed by atoms with E-state index >= 15 is 0 Å². The van der Waals surface area contributed by atoms with Crippen LogP contribution in [0.5, 0.6) is 0 Å². The molecule has 2 nitrogen and oxygen atoms in total. The molecule has 2 rings (SSSR count). The molecule has 2 saturated carbocycles. The van der Waals surface area contributed by atoms with Crippen molar-refractivity contribution in [3.05, 3.63) is 0 Å². The fourth-order valence-electron chi connectivity index (χ4n) is 3.59. The number of carbonyl (C=O) groups is 1. The highest BCUT2D eigenvalue weighted by Gasteiger charge is 2.26. The van der Waals surface area contributed by atoms with E-state index in [2.05, 4.69) is 20.8 Å². The fourth-order valence-corrected chi connectivity index (χ4v) is 3.97. The number of carbonyl (C=O) groups excluding carboxylic acids is 1. The molecule has 0 aliphatic heterocycles. The monoisotopic (exact) mass is 315 g/mol. The van der Waals surface area contributed by atoms with Crippen LogP contribution in [0.4, 0.5) is 0 Å². The molecule has 0 spiro atoms. The molecule has 0 bridgehead atoms. The Morgan fingerprint density at radius 3 is 2.28 bits per heavy atom. The second kappa shape index (κ2) is 7.52. The van der Waals surface area contributed by atoms with Gasteiger partial charge in [0.05, 0.1) is 0 Å². The SMILES string of the molecule is O=C(CCC1CCCC1)N(CCBr)C1CCCC1. The Morgan fingerprint density at radius 2 is 1.67 bits per heavy atom. The smallest absolute Gasteiger partial charge is 0.222 e. The lowest BCUT2D eigenvalue weighted by atomic mass is 10.0. The molecule has 0 N–H and O–H groups in total. The summed E-state index contributed by atoms with van der Waals surface area (Å²) in [5.74, 6) is 1.25. The minimum Gasteiger partial charge on any atom is -0.339 e. The average molecular weight is 316 g/mol. The van der Waals surface area contributed by atoms with Gasteiger partial charge in [-0.3, -0.25) is 4.79 Å². The van der Waals surface area contributed by atoms with Crippen molar-refractivity contribution in [3.8, 4) is 0 Å². The van der Waals surface area contributed by atoms with Crippen LogP contribution in [0.2, 0.25) is 0 Å². The third-order valence-corrected chi connectivity index (χ3v) is 5.01. The third-order valence-electron chi connectivity index (χ3n) is 4.65. The molecule has 0 unspecified atom stereocenters. The first-order chi connectivity index (χ1) is 8.81. The van der Waals surface area contributed by atoms with Crippen molar-refractivity contribution in [1.82, 2.24) is 4.90 Å². The summed E-state index contributed by atoms with van der Waals surface area (Å²) in [6, 6.07) is 0.540. The standard InChI is InChI=1S/C15H26BrNO/c16-11-12-17(14-7-3-4-8-14)15(18)10-9-13-5-1-2-6-13/h13-14H,1-12H2. The minimum absolute atomic E-state index is 0.410. The van der Waals surface area contributed by atoms with Crippen LogP contribution in [-0.4, -0.2) is 28.7 Å². The Balaban J connectivity index is 1.78. The number of hydrogen-bond acceptors (Lipinski definition) is 1. The summed E-state index contributed by atoms with van der Waals surface area (Å²) in [7, 11) is 0. The van der Waals surface area contributed by atoms with Gasteiger partial charge >= 0.3 is 0 Å². The quantitative estimate of drug-likeness (QED) is 0.675. The van der Waals surface area contributed by atoms with Crippen LogP contribution in [0.25, 0.3) is 0 Å². The van der Waals surface area contributed by atoms with Crippen molar-refractivity contribution in [1.29, 1.82) is 0 Å². The number of rotatable bonds is 6. The van der Waals surface area contributed by atoms with E-state index in [1.165, 1.54) is 51.4 Å². The molecule has 0 atom stereocenters. The first-order valence-electron chi connectivity index (χ1n) is 7.66. The second-order valence-electron chi connectivity index (χ2n) is 5.90. The van der Waals surface area contributed by atoms with Gasteiger partial charge < -0.3 is 4.90 Å². The zero-order valence-electron chi connectivity index (χ0n) is 11.4. The molecule has 0 aromatic carbocycles. The lowest BCUT2D eigenvalue weighted by Crippen LogP contribution is -2.40. The number of amides is 1. The summed E-state index contributed by atoms with van der Waals surface area (Å²) >= 11 is 3.49. The van der Waals surface area contributed by atoms with Gasteiger partial charge in [-0.1, -0.05) is 54.5 Å². The Morgan fingerprint density at radius 1 is 1.06 bits per heavy atom. The van der Waals surface area contributed by atoms with E-state index in [-0.39, 0.29) is 0 Å². The molecule has 2 aliphatic carbocycles. The summed E-state index contributed by atoms with van der Waals surface area (Å²) in [6.45, 7) is 0.897. The van der Waals surface area contributed by atoms with E-state index in [1.807, 2.05) is 0 Å². The van der Waals surface area contributed by atoms with Crippen molar-refractivity contribution in [2.45, 2.75) is 70.3 Å². The number of halogens is 1. The van der Waals surface area contributed by atoms with Crippen LogP contribution in [0.1, 0.15) is 64.2 Å². The predicted octanol–water partition coefficient (Wildman–Crippen LogP) is 4.12. The molecule has 3 heteroatoms. The van der Waals surface area contributed by atoms with Crippen molar-refractivity contribution < 1.29 is 4.79 Å². The van der Waals surface area contributed by atoms with Gasteiger partial charge in [0.25, 0.3) is 0 Å². The number of alkyl halides is 1. The Hall–Kier alpha value is -0.0500. The van der Waals surface area contributed by atoms with E-state index in [0.29, 0.717) is 11.9 Å². The lowest BCUT2D eigenvalue weighted by Gasteiger charge is -2.29. The van der Waals surface area contributed by atoms with Gasteiger partial charge in [-0.25, -0.2) is 0 Å². The zero-order chi connectivity index (χ0) is 12.8. The molecule has 0 aromatic rings. The summed E-state index contributed by atoms with van der Waals surface area (Å²) < 4.78 is 0. The molecule has 0 heterocycles. The molecular weight excluding hydrogens is 290 g/mol. The fraction of sp³-hybridized carbons (Fsp3) is 0.933. The van der Waals surface area contributed by atoms with Crippen molar-refractivity contribution >= 4 is 21.8 Å². The van der Waals surface area contributed by atoms with Gasteiger partial charge in [-0.05, 0) is 25.2 Å². The van der Waals surface area contributed by atoms with Crippen LogP contribution in [-0.2, 0) is 4.79 Å². The molecule has 0 saturated heterocycles. The maximum absolute atomic E-state index is 12.4. The molecule has 1 amide bonds. The topological polar surface area (TPSA) is 20.3 Å². The maximum Gasteiger partial charge on any atom is 0.222 e. The van der Waals surface area contributed by atoms with Gasteiger partial charge in [0.1, 0.15) is 0 Å². The van der Waals surface area contributed by atoms with E-state index in [1.54, 1.807) is 0 Å². The lowest BCUT2D eigenvalue weighted by molar-refractivity contribution is -0.133.